The fraction of sp³-hybridized carbons (Fsp3) is 0.143. The van der Waals surface area contributed by atoms with Crippen molar-refractivity contribution in [2.75, 3.05) is 0 Å². The average molecular weight is 329 g/mol. The SMILES string of the molecule is NC(Cc1ccc(F)cc1Br)c1cccc(Cl)c1. The zero-order valence-corrected chi connectivity index (χ0v) is 11.9. The first-order valence-electron chi connectivity index (χ1n) is 5.51. The van der Waals surface area contributed by atoms with Gasteiger partial charge < -0.3 is 5.73 Å². The molecule has 0 saturated heterocycles. The molecule has 1 nitrogen and oxygen atoms in total. The molecule has 0 heterocycles. The van der Waals surface area contributed by atoms with Gasteiger partial charge in [-0.3, -0.25) is 0 Å². The lowest BCUT2D eigenvalue weighted by Gasteiger charge is -2.13. The Hall–Kier alpha value is -0.900. The third-order valence-electron chi connectivity index (χ3n) is 2.73. The second kappa shape index (κ2) is 5.83. The fourth-order valence-electron chi connectivity index (χ4n) is 1.78. The maximum atomic E-state index is 13.0. The Morgan fingerprint density at radius 3 is 2.67 bits per heavy atom. The lowest BCUT2D eigenvalue weighted by molar-refractivity contribution is 0.624. The lowest BCUT2D eigenvalue weighted by Crippen LogP contribution is -2.13. The first-order chi connectivity index (χ1) is 8.56. The summed E-state index contributed by atoms with van der Waals surface area (Å²) in [5.74, 6) is -0.262. The highest BCUT2D eigenvalue weighted by Gasteiger charge is 2.10. The highest BCUT2D eigenvalue weighted by atomic mass is 79.9. The maximum absolute atomic E-state index is 13.0. The van der Waals surface area contributed by atoms with Crippen LogP contribution in [-0.2, 0) is 6.42 Å². The van der Waals surface area contributed by atoms with E-state index in [1.807, 2.05) is 24.3 Å². The molecule has 0 radical (unpaired) electrons. The lowest BCUT2D eigenvalue weighted by atomic mass is 10.00. The van der Waals surface area contributed by atoms with E-state index in [-0.39, 0.29) is 11.9 Å². The molecule has 0 spiro atoms. The molecular weight excluding hydrogens is 317 g/mol. The van der Waals surface area contributed by atoms with Gasteiger partial charge in [0.25, 0.3) is 0 Å². The van der Waals surface area contributed by atoms with Crippen molar-refractivity contribution in [3.8, 4) is 0 Å². The topological polar surface area (TPSA) is 26.0 Å². The van der Waals surface area contributed by atoms with Gasteiger partial charge in [-0.1, -0.05) is 45.7 Å². The van der Waals surface area contributed by atoms with E-state index in [0.29, 0.717) is 11.4 Å². The number of nitrogens with two attached hydrogens (primary N) is 1. The van der Waals surface area contributed by atoms with E-state index in [2.05, 4.69) is 15.9 Å². The van der Waals surface area contributed by atoms with Crippen LogP contribution >= 0.6 is 27.5 Å². The maximum Gasteiger partial charge on any atom is 0.124 e. The molecule has 1 unspecified atom stereocenters. The molecule has 0 aliphatic heterocycles. The van der Waals surface area contributed by atoms with Crippen molar-refractivity contribution in [3.05, 3.63) is 68.9 Å². The van der Waals surface area contributed by atoms with Crippen LogP contribution in [0.3, 0.4) is 0 Å². The Morgan fingerprint density at radius 1 is 1.22 bits per heavy atom. The Bertz CT molecular complexity index is 559. The molecule has 2 rings (SSSR count). The summed E-state index contributed by atoms with van der Waals surface area (Å²) in [6.07, 6.45) is 0.626. The van der Waals surface area contributed by atoms with Crippen LogP contribution in [0.25, 0.3) is 0 Å². The van der Waals surface area contributed by atoms with Crippen LogP contribution in [0, 0.1) is 5.82 Å². The molecule has 0 fully saturated rings. The van der Waals surface area contributed by atoms with Crippen LogP contribution in [0.1, 0.15) is 17.2 Å². The van der Waals surface area contributed by atoms with Gasteiger partial charge in [0, 0.05) is 15.5 Å². The normalized spacial score (nSPS) is 12.4. The van der Waals surface area contributed by atoms with E-state index in [1.54, 1.807) is 6.07 Å². The molecular formula is C14H12BrClFN. The summed E-state index contributed by atoms with van der Waals surface area (Å²) < 4.78 is 13.7. The minimum Gasteiger partial charge on any atom is -0.324 e. The monoisotopic (exact) mass is 327 g/mol. The van der Waals surface area contributed by atoms with Crippen LogP contribution < -0.4 is 5.73 Å². The van der Waals surface area contributed by atoms with E-state index in [1.165, 1.54) is 12.1 Å². The predicted molar refractivity (Wildman–Crippen MR) is 76.2 cm³/mol. The summed E-state index contributed by atoms with van der Waals surface area (Å²) in [6, 6.07) is 11.9. The molecule has 0 aliphatic rings. The summed E-state index contributed by atoms with van der Waals surface area (Å²) >= 11 is 9.27. The standard InChI is InChI=1S/C14H12BrClFN/c15-13-8-12(17)5-4-9(13)7-14(18)10-2-1-3-11(16)6-10/h1-6,8,14H,7,18H2. The van der Waals surface area contributed by atoms with E-state index in [0.717, 1.165) is 15.6 Å². The second-order valence-corrected chi connectivity index (χ2v) is 5.39. The number of halogens is 3. The summed E-state index contributed by atoms with van der Waals surface area (Å²) in [5, 5.41) is 0.668. The van der Waals surface area contributed by atoms with Crippen molar-refractivity contribution < 1.29 is 4.39 Å². The van der Waals surface area contributed by atoms with E-state index >= 15 is 0 Å². The Labute approximate surface area is 119 Å². The van der Waals surface area contributed by atoms with Crippen LogP contribution in [0.5, 0.6) is 0 Å². The van der Waals surface area contributed by atoms with Gasteiger partial charge in [0.15, 0.2) is 0 Å². The van der Waals surface area contributed by atoms with Crippen molar-refractivity contribution in [2.24, 2.45) is 5.73 Å². The number of rotatable bonds is 3. The quantitative estimate of drug-likeness (QED) is 0.883. The summed E-state index contributed by atoms with van der Waals surface area (Å²) in [4.78, 5) is 0. The Morgan fingerprint density at radius 2 is 2.00 bits per heavy atom. The first kappa shape index (κ1) is 13.5. The van der Waals surface area contributed by atoms with Crippen molar-refractivity contribution in [1.29, 1.82) is 0 Å². The molecule has 94 valence electrons. The van der Waals surface area contributed by atoms with Gasteiger partial charge in [0.05, 0.1) is 0 Å². The predicted octanol–water partition coefficient (Wildman–Crippen LogP) is 4.48. The van der Waals surface area contributed by atoms with Gasteiger partial charge >= 0.3 is 0 Å². The number of hydrogen-bond donors (Lipinski definition) is 1. The van der Waals surface area contributed by atoms with Crippen molar-refractivity contribution in [2.45, 2.75) is 12.5 Å². The molecule has 0 saturated carbocycles. The third kappa shape index (κ3) is 3.31. The minimum atomic E-state index is -0.262. The smallest absolute Gasteiger partial charge is 0.124 e. The van der Waals surface area contributed by atoms with Gasteiger partial charge in [0.2, 0.25) is 0 Å². The highest BCUT2D eigenvalue weighted by Crippen LogP contribution is 2.24. The van der Waals surface area contributed by atoms with E-state index in [4.69, 9.17) is 17.3 Å². The molecule has 4 heteroatoms. The van der Waals surface area contributed by atoms with Crippen LogP contribution in [-0.4, -0.2) is 0 Å². The highest BCUT2D eigenvalue weighted by molar-refractivity contribution is 9.10. The first-order valence-corrected chi connectivity index (χ1v) is 6.68. The van der Waals surface area contributed by atoms with Gasteiger partial charge in [-0.25, -0.2) is 4.39 Å². The zero-order valence-electron chi connectivity index (χ0n) is 9.54. The summed E-state index contributed by atoms with van der Waals surface area (Å²) in [5.41, 5.74) is 8.08. The van der Waals surface area contributed by atoms with E-state index in [9.17, 15) is 4.39 Å². The van der Waals surface area contributed by atoms with Gasteiger partial charge in [-0.05, 0) is 41.8 Å². The molecule has 2 N–H and O–H groups in total. The molecule has 2 aromatic carbocycles. The molecule has 18 heavy (non-hydrogen) atoms. The van der Waals surface area contributed by atoms with Gasteiger partial charge in [-0.2, -0.15) is 0 Å². The minimum absolute atomic E-state index is 0.162. The van der Waals surface area contributed by atoms with Gasteiger partial charge in [-0.15, -0.1) is 0 Å². The number of benzene rings is 2. The molecule has 1 atom stereocenters. The third-order valence-corrected chi connectivity index (χ3v) is 3.71. The van der Waals surface area contributed by atoms with Crippen molar-refractivity contribution >= 4 is 27.5 Å². The molecule has 0 bridgehead atoms. The second-order valence-electron chi connectivity index (χ2n) is 4.10. The van der Waals surface area contributed by atoms with Crippen molar-refractivity contribution in [3.63, 3.8) is 0 Å². The fourth-order valence-corrected chi connectivity index (χ4v) is 2.49. The molecule has 0 aliphatic carbocycles. The van der Waals surface area contributed by atoms with Gasteiger partial charge in [0.1, 0.15) is 5.82 Å². The largest absolute Gasteiger partial charge is 0.324 e. The van der Waals surface area contributed by atoms with Crippen LogP contribution in [0.15, 0.2) is 46.9 Å². The van der Waals surface area contributed by atoms with Crippen molar-refractivity contribution in [1.82, 2.24) is 0 Å². The number of hydrogen-bond acceptors (Lipinski definition) is 1. The molecule has 2 aromatic rings. The molecule has 0 aromatic heterocycles. The summed E-state index contributed by atoms with van der Waals surface area (Å²) in [6.45, 7) is 0. The Kier molecular flexibility index (Phi) is 4.38. The molecule has 0 amide bonds. The van der Waals surface area contributed by atoms with Crippen LogP contribution in [0.2, 0.25) is 5.02 Å². The Balaban J connectivity index is 2.18. The zero-order chi connectivity index (χ0) is 13.1. The van der Waals surface area contributed by atoms with Crippen LogP contribution in [0.4, 0.5) is 4.39 Å². The summed E-state index contributed by atoms with van der Waals surface area (Å²) in [7, 11) is 0. The average Bonchev–Trinajstić information content (AvgIpc) is 2.32. The van der Waals surface area contributed by atoms with E-state index < -0.39 is 0 Å².